The van der Waals surface area contributed by atoms with Crippen LogP contribution in [0, 0.1) is 0 Å². The van der Waals surface area contributed by atoms with Gasteiger partial charge in [0.25, 0.3) is 0 Å². The molecule has 3 atom stereocenters. The Labute approximate surface area is 419 Å². The van der Waals surface area contributed by atoms with E-state index in [1.165, 1.54) is 116 Å². The van der Waals surface area contributed by atoms with E-state index in [4.69, 9.17) is 9.05 Å². The quantitative estimate of drug-likeness (QED) is 0.0243. The zero-order valence-electron chi connectivity index (χ0n) is 44.6. The highest BCUT2D eigenvalue weighted by molar-refractivity contribution is 7.47. The summed E-state index contributed by atoms with van der Waals surface area (Å²) in [5.74, 6) is -0.194. The first kappa shape index (κ1) is 65.4. The second-order valence-corrected chi connectivity index (χ2v) is 21.0. The molecule has 0 aliphatic heterocycles. The van der Waals surface area contributed by atoms with Gasteiger partial charge >= 0.3 is 7.82 Å². The zero-order chi connectivity index (χ0) is 49.9. The highest BCUT2D eigenvalue weighted by atomic mass is 31.2. The maximum Gasteiger partial charge on any atom is 0.472 e. The van der Waals surface area contributed by atoms with Gasteiger partial charge in [0.15, 0.2) is 0 Å². The summed E-state index contributed by atoms with van der Waals surface area (Å²) in [6.07, 6.45) is 71.0. The fourth-order valence-corrected chi connectivity index (χ4v) is 8.20. The number of nitrogens with one attached hydrogen (secondary N) is 1. The number of quaternary nitrogens is 1. The Morgan fingerprint density at radius 2 is 0.897 bits per heavy atom. The molecule has 68 heavy (non-hydrogen) atoms. The summed E-state index contributed by atoms with van der Waals surface area (Å²) in [6.45, 7) is 4.59. The Hall–Kier alpha value is -2.58. The Kier molecular flexibility index (Phi) is 47.5. The van der Waals surface area contributed by atoms with E-state index in [9.17, 15) is 19.4 Å². The van der Waals surface area contributed by atoms with E-state index in [-0.39, 0.29) is 19.1 Å². The highest BCUT2D eigenvalue weighted by Gasteiger charge is 2.27. The Morgan fingerprint density at radius 1 is 0.515 bits per heavy atom. The van der Waals surface area contributed by atoms with Crippen molar-refractivity contribution in [2.75, 3.05) is 40.9 Å². The lowest BCUT2D eigenvalue weighted by Crippen LogP contribution is -2.45. The number of aliphatic hydroxyl groups excluding tert-OH is 1. The minimum Gasteiger partial charge on any atom is -0.387 e. The molecule has 0 aromatic heterocycles. The number of likely N-dealkylation sites (N-methyl/N-ethyl adjacent to an activating group) is 1. The minimum atomic E-state index is -4.35. The molecular formula is C59H106N2O6P+. The number of nitrogens with zero attached hydrogens (tertiary/aromatic N) is 1. The van der Waals surface area contributed by atoms with Crippen molar-refractivity contribution in [2.24, 2.45) is 0 Å². The zero-order valence-corrected chi connectivity index (χ0v) is 45.5. The lowest BCUT2D eigenvalue weighted by Gasteiger charge is -2.25. The number of carbonyl (C=O) groups excluding carboxylic acids is 1. The SMILES string of the molecule is CC/C=C\C/C=C\C/C=C\C/C=C\C/C=C\CCCCCCCCCCCCCCCCCCCCCC(=O)NC(COP(=O)(O)OCC[N+](C)(C)C)C(O)/C=C/CC/C=C/CC/C=C/CCC. The van der Waals surface area contributed by atoms with Crippen molar-refractivity contribution in [1.82, 2.24) is 5.32 Å². The topological polar surface area (TPSA) is 105 Å². The first-order valence-electron chi connectivity index (χ1n) is 27.6. The highest BCUT2D eigenvalue weighted by Crippen LogP contribution is 2.43. The first-order valence-corrected chi connectivity index (χ1v) is 29.1. The van der Waals surface area contributed by atoms with E-state index >= 15 is 0 Å². The van der Waals surface area contributed by atoms with Gasteiger partial charge in [-0.3, -0.25) is 13.8 Å². The number of amides is 1. The molecule has 0 fully saturated rings. The van der Waals surface area contributed by atoms with E-state index in [1.54, 1.807) is 6.08 Å². The molecule has 3 unspecified atom stereocenters. The van der Waals surface area contributed by atoms with Crippen LogP contribution in [-0.2, 0) is 18.4 Å². The van der Waals surface area contributed by atoms with E-state index < -0.39 is 20.0 Å². The third-order valence-corrected chi connectivity index (χ3v) is 12.7. The van der Waals surface area contributed by atoms with Gasteiger partial charge in [-0.1, -0.05) is 227 Å². The summed E-state index contributed by atoms with van der Waals surface area (Å²) in [5, 5.41) is 13.8. The van der Waals surface area contributed by atoms with E-state index in [0.717, 1.165) is 83.5 Å². The van der Waals surface area contributed by atoms with Crippen molar-refractivity contribution >= 4 is 13.7 Å². The normalized spacial score (nSPS) is 14.8. The Bertz CT molecular complexity index is 1420. The number of hydrogen-bond donors (Lipinski definition) is 3. The number of allylic oxidation sites excluding steroid dienone is 15. The molecule has 0 aliphatic carbocycles. The van der Waals surface area contributed by atoms with Crippen LogP contribution in [0.5, 0.6) is 0 Å². The van der Waals surface area contributed by atoms with Crippen molar-refractivity contribution in [3.8, 4) is 0 Å². The van der Waals surface area contributed by atoms with Crippen LogP contribution in [0.3, 0.4) is 0 Å². The van der Waals surface area contributed by atoms with Gasteiger partial charge in [0.05, 0.1) is 39.9 Å². The molecule has 0 saturated carbocycles. The molecule has 3 N–H and O–H groups in total. The molecule has 0 radical (unpaired) electrons. The van der Waals surface area contributed by atoms with Crippen LogP contribution in [0.4, 0.5) is 0 Å². The van der Waals surface area contributed by atoms with Crippen molar-refractivity contribution in [2.45, 2.75) is 231 Å². The number of hydrogen-bond acceptors (Lipinski definition) is 5. The summed E-state index contributed by atoms with van der Waals surface area (Å²) < 4.78 is 23.6. The summed E-state index contributed by atoms with van der Waals surface area (Å²) in [6, 6.07) is -0.871. The third-order valence-electron chi connectivity index (χ3n) is 11.7. The van der Waals surface area contributed by atoms with Gasteiger partial charge in [-0.2, -0.15) is 0 Å². The lowest BCUT2D eigenvalue weighted by atomic mass is 10.0. The molecule has 0 rings (SSSR count). The van der Waals surface area contributed by atoms with Crippen LogP contribution < -0.4 is 5.32 Å². The van der Waals surface area contributed by atoms with Gasteiger partial charge in [0.2, 0.25) is 5.91 Å². The largest absolute Gasteiger partial charge is 0.472 e. The van der Waals surface area contributed by atoms with Crippen molar-refractivity contribution in [1.29, 1.82) is 0 Å². The second-order valence-electron chi connectivity index (χ2n) is 19.6. The number of phosphoric ester groups is 1. The Balaban J connectivity index is 4.00. The molecule has 0 bridgehead atoms. The predicted octanol–water partition coefficient (Wildman–Crippen LogP) is 16.6. The number of phosphoric acid groups is 1. The number of aliphatic hydroxyl groups is 1. The summed E-state index contributed by atoms with van der Waals surface area (Å²) in [5.41, 5.74) is 0. The summed E-state index contributed by atoms with van der Waals surface area (Å²) in [7, 11) is 1.54. The second kappa shape index (κ2) is 49.4. The predicted molar refractivity (Wildman–Crippen MR) is 295 cm³/mol. The number of carbonyl (C=O) groups is 1. The van der Waals surface area contributed by atoms with Gasteiger partial charge in [0, 0.05) is 6.42 Å². The van der Waals surface area contributed by atoms with Gasteiger partial charge in [-0.05, 0) is 83.5 Å². The smallest absolute Gasteiger partial charge is 0.387 e. The lowest BCUT2D eigenvalue weighted by molar-refractivity contribution is -0.870. The first-order chi connectivity index (χ1) is 33.0. The molecule has 392 valence electrons. The molecule has 1 amide bonds. The fourth-order valence-electron chi connectivity index (χ4n) is 7.46. The van der Waals surface area contributed by atoms with Gasteiger partial charge in [0.1, 0.15) is 13.2 Å². The maximum absolute atomic E-state index is 12.9. The minimum absolute atomic E-state index is 0.0507. The van der Waals surface area contributed by atoms with Crippen LogP contribution >= 0.6 is 7.82 Å². The van der Waals surface area contributed by atoms with Crippen molar-refractivity contribution < 1.29 is 32.9 Å². The van der Waals surface area contributed by atoms with E-state index in [0.29, 0.717) is 17.4 Å². The molecule has 0 aromatic carbocycles. The third kappa shape index (κ3) is 51.3. The monoisotopic (exact) mass is 970 g/mol. The number of rotatable bonds is 49. The van der Waals surface area contributed by atoms with Crippen LogP contribution in [0.25, 0.3) is 0 Å². The molecule has 8 nitrogen and oxygen atoms in total. The molecule has 0 heterocycles. The van der Waals surface area contributed by atoms with Gasteiger partial charge in [-0.15, -0.1) is 0 Å². The van der Waals surface area contributed by atoms with Crippen molar-refractivity contribution in [3.05, 3.63) is 97.2 Å². The van der Waals surface area contributed by atoms with Crippen LogP contribution in [0.2, 0.25) is 0 Å². The van der Waals surface area contributed by atoms with Crippen LogP contribution in [-0.4, -0.2) is 73.4 Å². The van der Waals surface area contributed by atoms with Gasteiger partial charge in [-0.25, -0.2) is 4.57 Å². The fraction of sp³-hybridized carbons (Fsp3) is 0.712. The van der Waals surface area contributed by atoms with Crippen molar-refractivity contribution in [3.63, 3.8) is 0 Å². The molecule has 0 spiro atoms. The average Bonchev–Trinajstić information content (AvgIpc) is 3.30. The van der Waals surface area contributed by atoms with Gasteiger partial charge < -0.3 is 19.8 Å². The summed E-state index contributed by atoms with van der Waals surface area (Å²) >= 11 is 0. The molecule has 9 heteroatoms. The van der Waals surface area contributed by atoms with E-state index in [2.05, 4.69) is 104 Å². The average molecular weight is 970 g/mol. The summed E-state index contributed by atoms with van der Waals surface area (Å²) in [4.78, 5) is 23.2. The maximum atomic E-state index is 12.9. The molecular weight excluding hydrogens is 864 g/mol. The van der Waals surface area contributed by atoms with Crippen LogP contribution in [0.1, 0.15) is 219 Å². The standard InChI is InChI=1S/C59H105N2O6P/c1-6-8-10-12-14-16-18-19-20-21-22-23-24-25-26-27-28-29-30-31-32-33-34-35-36-37-38-39-40-41-43-45-47-49-51-53-59(63)60-57(56-67-68(64,65)66-55-54-61(3,4)5)58(62)52-50-48-46-44-42-17-15-13-11-9-7-2/h8,10-11,13-14,16,19-20,22-23,25-26,42,44,50,52,57-58,62H,6-7,9,12,15,17-18,21,24,27-41,43,45-49,51,53-56H2,1-5H3,(H-,60,63,64,65)/p+1/b10-8-,13-11+,16-14-,20-19-,23-22-,26-25-,44-42+,52-50+. The molecule has 0 aliphatic rings. The van der Waals surface area contributed by atoms with Crippen LogP contribution in [0.15, 0.2) is 97.2 Å². The number of unbranched alkanes of at least 4 members (excludes halogenated alkanes) is 22. The Morgan fingerprint density at radius 3 is 1.34 bits per heavy atom. The van der Waals surface area contributed by atoms with E-state index in [1.807, 2.05) is 27.2 Å². The molecule has 0 saturated heterocycles. The molecule has 0 aromatic rings.